The van der Waals surface area contributed by atoms with Gasteiger partial charge in [-0.15, -0.1) is 0 Å². The van der Waals surface area contributed by atoms with E-state index in [4.69, 9.17) is 16.1 Å². The van der Waals surface area contributed by atoms with Crippen LogP contribution in [0.25, 0.3) is 11.4 Å². The lowest BCUT2D eigenvalue weighted by Crippen LogP contribution is -2.47. The topological polar surface area (TPSA) is 45.4 Å². The van der Waals surface area contributed by atoms with E-state index in [1.54, 1.807) is 0 Å². The Morgan fingerprint density at radius 2 is 1.77 bits per heavy atom. The summed E-state index contributed by atoms with van der Waals surface area (Å²) in [4.78, 5) is 9.33. The Morgan fingerprint density at radius 3 is 2.50 bits per heavy atom. The molecule has 1 fully saturated rings. The van der Waals surface area contributed by atoms with Crippen molar-refractivity contribution in [1.29, 1.82) is 0 Å². The van der Waals surface area contributed by atoms with Gasteiger partial charge in [-0.25, -0.2) is 0 Å². The molecule has 26 heavy (non-hydrogen) atoms. The Labute approximate surface area is 158 Å². The Kier molecular flexibility index (Phi) is 4.91. The van der Waals surface area contributed by atoms with Gasteiger partial charge in [-0.2, -0.15) is 4.98 Å². The van der Waals surface area contributed by atoms with Crippen LogP contribution in [-0.2, 0) is 0 Å². The van der Waals surface area contributed by atoms with Gasteiger partial charge in [0.2, 0.25) is 11.7 Å². The number of aromatic nitrogens is 2. The quantitative estimate of drug-likeness (QED) is 0.688. The molecule has 1 saturated heterocycles. The molecule has 2 aromatic carbocycles. The van der Waals surface area contributed by atoms with Crippen LogP contribution in [0.1, 0.15) is 18.9 Å². The minimum Gasteiger partial charge on any atom is -0.369 e. The fourth-order valence-electron chi connectivity index (χ4n) is 3.31. The van der Waals surface area contributed by atoms with Crippen LogP contribution in [0.4, 0.5) is 5.69 Å². The molecule has 6 heteroatoms. The average molecular weight is 369 g/mol. The highest BCUT2D eigenvalue weighted by molar-refractivity contribution is 6.30. The summed E-state index contributed by atoms with van der Waals surface area (Å²) in [6.07, 6.45) is 0. The summed E-state index contributed by atoms with van der Waals surface area (Å²) in [5, 5.41) is 4.91. The number of anilines is 1. The van der Waals surface area contributed by atoms with Crippen LogP contribution in [0, 0.1) is 0 Å². The molecule has 1 aromatic heterocycles. The molecule has 5 nitrogen and oxygen atoms in total. The van der Waals surface area contributed by atoms with Crippen molar-refractivity contribution in [1.82, 2.24) is 15.0 Å². The van der Waals surface area contributed by atoms with E-state index < -0.39 is 0 Å². The molecule has 3 aromatic rings. The molecule has 1 atom stereocenters. The number of benzene rings is 2. The van der Waals surface area contributed by atoms with E-state index in [0.29, 0.717) is 11.7 Å². The second kappa shape index (κ2) is 7.48. The molecule has 0 radical (unpaired) electrons. The monoisotopic (exact) mass is 368 g/mol. The van der Waals surface area contributed by atoms with Crippen molar-refractivity contribution >= 4 is 17.3 Å². The van der Waals surface area contributed by atoms with Gasteiger partial charge >= 0.3 is 0 Å². The summed E-state index contributed by atoms with van der Waals surface area (Å²) >= 11 is 6.11. The lowest BCUT2D eigenvalue weighted by molar-refractivity contribution is 0.164. The molecular weight excluding hydrogens is 348 g/mol. The Bertz CT molecular complexity index is 859. The zero-order valence-corrected chi connectivity index (χ0v) is 15.4. The standard InChI is InChI=1S/C20H21ClN4O/c1-15(20-22-19(23-26-20)16-6-3-2-4-7-16)24-10-12-25(13-11-24)18-9-5-8-17(21)14-18/h2-9,14-15H,10-13H2,1H3. The van der Waals surface area contributed by atoms with Crippen LogP contribution in [0.5, 0.6) is 0 Å². The van der Waals surface area contributed by atoms with Crippen molar-refractivity contribution in [2.45, 2.75) is 13.0 Å². The van der Waals surface area contributed by atoms with E-state index in [-0.39, 0.29) is 6.04 Å². The first-order valence-corrected chi connectivity index (χ1v) is 9.22. The van der Waals surface area contributed by atoms with Crippen molar-refractivity contribution in [3.63, 3.8) is 0 Å². The second-order valence-corrected chi connectivity index (χ2v) is 6.94. The van der Waals surface area contributed by atoms with Crippen molar-refractivity contribution in [2.75, 3.05) is 31.1 Å². The van der Waals surface area contributed by atoms with E-state index >= 15 is 0 Å². The molecule has 134 valence electrons. The predicted molar refractivity (Wildman–Crippen MR) is 103 cm³/mol. The molecule has 0 amide bonds. The van der Waals surface area contributed by atoms with Gasteiger partial charge in [0, 0.05) is 42.5 Å². The van der Waals surface area contributed by atoms with Gasteiger partial charge in [-0.05, 0) is 25.1 Å². The summed E-state index contributed by atoms with van der Waals surface area (Å²) in [6.45, 7) is 5.90. The normalized spacial score (nSPS) is 16.6. The SMILES string of the molecule is CC(c1nc(-c2ccccc2)no1)N1CCN(c2cccc(Cl)c2)CC1. The molecule has 1 aliphatic rings. The van der Waals surface area contributed by atoms with Crippen molar-refractivity contribution in [3.05, 3.63) is 65.5 Å². The van der Waals surface area contributed by atoms with Crippen LogP contribution in [0.3, 0.4) is 0 Å². The third kappa shape index (κ3) is 3.59. The molecular formula is C20H21ClN4O. The molecule has 0 bridgehead atoms. The lowest BCUT2D eigenvalue weighted by atomic mass is 10.2. The van der Waals surface area contributed by atoms with Crippen LogP contribution in [-0.4, -0.2) is 41.2 Å². The first kappa shape index (κ1) is 17.1. The molecule has 4 rings (SSSR count). The maximum Gasteiger partial charge on any atom is 0.244 e. The number of hydrogen-bond acceptors (Lipinski definition) is 5. The van der Waals surface area contributed by atoms with Crippen LogP contribution < -0.4 is 4.90 Å². The molecule has 0 aliphatic carbocycles. The molecule has 0 saturated carbocycles. The molecule has 0 N–H and O–H groups in total. The molecule has 0 spiro atoms. The second-order valence-electron chi connectivity index (χ2n) is 6.50. The fraction of sp³-hybridized carbons (Fsp3) is 0.300. The first-order chi connectivity index (χ1) is 12.7. The maximum absolute atomic E-state index is 6.11. The third-order valence-electron chi connectivity index (χ3n) is 4.87. The van der Waals surface area contributed by atoms with Gasteiger partial charge in [0.15, 0.2) is 0 Å². The van der Waals surface area contributed by atoms with E-state index in [1.807, 2.05) is 48.5 Å². The van der Waals surface area contributed by atoms with Crippen LogP contribution in [0.2, 0.25) is 5.02 Å². The van der Waals surface area contributed by atoms with E-state index in [1.165, 1.54) is 5.69 Å². The zero-order valence-electron chi connectivity index (χ0n) is 14.7. The average Bonchev–Trinajstić information content (AvgIpc) is 3.18. The zero-order chi connectivity index (χ0) is 17.9. The van der Waals surface area contributed by atoms with E-state index in [0.717, 1.165) is 36.8 Å². The van der Waals surface area contributed by atoms with Gasteiger partial charge in [0.05, 0.1) is 6.04 Å². The Balaban J connectivity index is 1.41. The molecule has 1 unspecified atom stereocenters. The summed E-state index contributed by atoms with van der Waals surface area (Å²) in [6, 6.07) is 18.0. The third-order valence-corrected chi connectivity index (χ3v) is 5.10. The minimum absolute atomic E-state index is 0.0986. The van der Waals surface area contributed by atoms with Crippen LogP contribution in [0.15, 0.2) is 59.1 Å². The van der Waals surface area contributed by atoms with Crippen LogP contribution >= 0.6 is 11.6 Å². The fourth-order valence-corrected chi connectivity index (χ4v) is 3.49. The lowest BCUT2D eigenvalue weighted by Gasteiger charge is -2.38. The number of nitrogens with zero attached hydrogens (tertiary/aromatic N) is 4. The number of piperazine rings is 1. The molecule has 2 heterocycles. The number of halogens is 1. The highest BCUT2D eigenvalue weighted by Gasteiger charge is 2.26. The van der Waals surface area contributed by atoms with Gasteiger partial charge in [0.25, 0.3) is 0 Å². The summed E-state index contributed by atoms with van der Waals surface area (Å²) < 4.78 is 5.53. The highest BCUT2D eigenvalue weighted by atomic mass is 35.5. The largest absolute Gasteiger partial charge is 0.369 e. The van der Waals surface area contributed by atoms with Gasteiger partial charge in [-0.3, -0.25) is 4.90 Å². The minimum atomic E-state index is 0.0986. The number of hydrogen-bond donors (Lipinski definition) is 0. The molecule has 1 aliphatic heterocycles. The summed E-state index contributed by atoms with van der Waals surface area (Å²) in [5.74, 6) is 1.31. The number of rotatable bonds is 4. The van der Waals surface area contributed by atoms with Gasteiger partial charge in [0.1, 0.15) is 0 Å². The van der Waals surface area contributed by atoms with Crippen molar-refractivity contribution < 1.29 is 4.52 Å². The first-order valence-electron chi connectivity index (χ1n) is 8.84. The highest BCUT2D eigenvalue weighted by Crippen LogP contribution is 2.26. The van der Waals surface area contributed by atoms with Crippen molar-refractivity contribution in [2.24, 2.45) is 0 Å². The summed E-state index contributed by atoms with van der Waals surface area (Å²) in [7, 11) is 0. The van der Waals surface area contributed by atoms with E-state index in [9.17, 15) is 0 Å². The Hall–Kier alpha value is -2.37. The van der Waals surface area contributed by atoms with Crippen molar-refractivity contribution in [3.8, 4) is 11.4 Å². The van der Waals surface area contributed by atoms with E-state index in [2.05, 4.69) is 32.9 Å². The van der Waals surface area contributed by atoms with Gasteiger partial charge < -0.3 is 9.42 Å². The predicted octanol–water partition coefficient (Wildman–Crippen LogP) is 4.27. The maximum atomic E-state index is 6.11. The van der Waals surface area contributed by atoms with Gasteiger partial charge in [-0.1, -0.05) is 53.2 Å². The smallest absolute Gasteiger partial charge is 0.244 e. The Morgan fingerprint density at radius 1 is 1.00 bits per heavy atom. The summed E-state index contributed by atoms with van der Waals surface area (Å²) in [5.41, 5.74) is 2.15.